The highest BCUT2D eigenvalue weighted by Gasteiger charge is 2.14. The molecule has 7 heteroatoms. The van der Waals surface area contributed by atoms with Crippen molar-refractivity contribution in [3.8, 4) is 11.4 Å². The lowest BCUT2D eigenvalue weighted by atomic mass is 10.1. The lowest BCUT2D eigenvalue weighted by Gasteiger charge is -2.13. The number of hydrogen-bond acceptors (Lipinski definition) is 5. The average Bonchev–Trinajstić information content (AvgIpc) is 3.07. The van der Waals surface area contributed by atoms with Crippen LogP contribution in [0.5, 0.6) is 0 Å². The van der Waals surface area contributed by atoms with E-state index in [-0.39, 0.29) is 11.8 Å². The Labute approximate surface area is 128 Å². The molecular formula is C15H18N4O3. The van der Waals surface area contributed by atoms with Gasteiger partial charge in [-0.1, -0.05) is 36.3 Å². The van der Waals surface area contributed by atoms with Crippen molar-refractivity contribution in [1.82, 2.24) is 20.8 Å². The minimum absolute atomic E-state index is 0.146. The highest BCUT2D eigenvalue weighted by Crippen LogP contribution is 2.14. The molecule has 1 unspecified atom stereocenters. The molecule has 0 aliphatic rings. The number of hydrogen-bond donors (Lipinski definition) is 2. The van der Waals surface area contributed by atoms with Gasteiger partial charge in [0.1, 0.15) is 6.04 Å². The number of nitrogens with zero attached hydrogens (tertiary/aromatic N) is 2. The lowest BCUT2D eigenvalue weighted by molar-refractivity contribution is -0.128. The zero-order valence-electron chi connectivity index (χ0n) is 12.5. The number of amides is 2. The number of carbonyl (C=O) groups excluding carboxylic acids is 2. The molecule has 116 valence electrons. The predicted octanol–water partition coefficient (Wildman–Crippen LogP) is 1.27. The number of nitrogens with one attached hydrogen (secondary N) is 2. The summed E-state index contributed by atoms with van der Waals surface area (Å²) in [5.74, 6) is 0.155. The molecule has 1 atom stereocenters. The van der Waals surface area contributed by atoms with Gasteiger partial charge in [-0.05, 0) is 12.5 Å². The first kappa shape index (κ1) is 15.7. The van der Waals surface area contributed by atoms with Gasteiger partial charge in [-0.3, -0.25) is 9.59 Å². The molecule has 0 bridgehead atoms. The Bertz CT molecular complexity index is 623. The molecule has 0 aliphatic heterocycles. The van der Waals surface area contributed by atoms with E-state index in [4.69, 9.17) is 4.52 Å². The molecule has 0 fully saturated rings. The summed E-state index contributed by atoms with van der Waals surface area (Å²) in [5.41, 5.74) is 1.78. The third-order valence-corrected chi connectivity index (χ3v) is 3.13. The summed E-state index contributed by atoms with van der Waals surface area (Å²) in [7, 11) is 0. The molecule has 2 N–H and O–H groups in total. The minimum atomic E-state index is -0.550. The number of carbonyl (C=O) groups is 2. The fourth-order valence-electron chi connectivity index (χ4n) is 1.82. The van der Waals surface area contributed by atoms with Crippen LogP contribution < -0.4 is 10.6 Å². The van der Waals surface area contributed by atoms with Crippen LogP contribution >= 0.6 is 0 Å². The molecule has 1 heterocycles. The van der Waals surface area contributed by atoms with Crippen molar-refractivity contribution in [2.24, 2.45) is 0 Å². The van der Waals surface area contributed by atoms with Gasteiger partial charge in [0, 0.05) is 18.5 Å². The maximum Gasteiger partial charge on any atom is 0.242 e. The molecule has 2 aromatic rings. The third-order valence-electron chi connectivity index (χ3n) is 3.13. The van der Waals surface area contributed by atoms with E-state index in [0.717, 1.165) is 11.1 Å². The van der Waals surface area contributed by atoms with Gasteiger partial charge in [0.05, 0.1) is 0 Å². The van der Waals surface area contributed by atoms with Crippen molar-refractivity contribution in [2.75, 3.05) is 0 Å². The summed E-state index contributed by atoms with van der Waals surface area (Å²) < 4.78 is 4.69. The summed E-state index contributed by atoms with van der Waals surface area (Å²) in [6, 6.07) is 6.91. The van der Waals surface area contributed by atoms with Gasteiger partial charge in [-0.2, -0.15) is 4.98 Å². The zero-order valence-corrected chi connectivity index (χ0v) is 12.5. The number of rotatable bonds is 6. The molecule has 0 aliphatic carbocycles. The first-order valence-electron chi connectivity index (χ1n) is 7.03. The van der Waals surface area contributed by atoms with Gasteiger partial charge >= 0.3 is 0 Å². The van der Waals surface area contributed by atoms with Crippen LogP contribution in [0.3, 0.4) is 0 Å². The quantitative estimate of drug-likeness (QED) is 0.837. The van der Waals surface area contributed by atoms with Crippen LogP contribution in [0.2, 0.25) is 0 Å². The second-order valence-corrected chi connectivity index (χ2v) is 4.81. The van der Waals surface area contributed by atoms with Crippen LogP contribution in [0.25, 0.3) is 11.4 Å². The van der Waals surface area contributed by atoms with E-state index in [9.17, 15) is 9.59 Å². The monoisotopic (exact) mass is 302 g/mol. The molecule has 2 rings (SSSR count). The summed E-state index contributed by atoms with van der Waals surface area (Å²) >= 11 is 0. The standard InChI is InChI=1S/C15H18N4O3/c1-3-13(20)18-10(2)15(21)16-8-11-4-6-12(7-5-11)14-17-9-22-19-14/h4-7,9-10H,3,8H2,1-2H3,(H,16,21)(H,18,20). The van der Waals surface area contributed by atoms with Crippen molar-refractivity contribution in [3.63, 3.8) is 0 Å². The Hall–Kier alpha value is -2.70. The Morgan fingerprint density at radius 3 is 2.59 bits per heavy atom. The SMILES string of the molecule is CCC(=O)NC(C)C(=O)NCc1ccc(-c2ncon2)cc1. The molecule has 1 aromatic heterocycles. The first-order chi connectivity index (χ1) is 10.6. The summed E-state index contributed by atoms with van der Waals surface area (Å²) in [6.45, 7) is 3.78. The highest BCUT2D eigenvalue weighted by atomic mass is 16.5. The minimum Gasteiger partial charge on any atom is -0.350 e. The van der Waals surface area contributed by atoms with Crippen LogP contribution in [0.4, 0.5) is 0 Å². The molecule has 0 radical (unpaired) electrons. The largest absolute Gasteiger partial charge is 0.350 e. The van der Waals surface area contributed by atoms with E-state index in [1.54, 1.807) is 13.8 Å². The van der Waals surface area contributed by atoms with Gasteiger partial charge in [0.25, 0.3) is 0 Å². The van der Waals surface area contributed by atoms with Gasteiger partial charge in [0.2, 0.25) is 24.0 Å². The maximum atomic E-state index is 11.9. The molecule has 0 saturated carbocycles. The Morgan fingerprint density at radius 1 is 1.27 bits per heavy atom. The van der Waals surface area contributed by atoms with E-state index in [1.165, 1.54) is 6.39 Å². The fourth-order valence-corrected chi connectivity index (χ4v) is 1.82. The third kappa shape index (κ3) is 4.15. The smallest absolute Gasteiger partial charge is 0.242 e. The lowest BCUT2D eigenvalue weighted by Crippen LogP contribution is -2.44. The summed E-state index contributed by atoms with van der Waals surface area (Å²) in [6.07, 6.45) is 1.63. The first-order valence-corrected chi connectivity index (χ1v) is 7.03. The van der Waals surface area contributed by atoms with E-state index in [1.807, 2.05) is 24.3 Å². The normalized spacial score (nSPS) is 11.7. The molecule has 0 spiro atoms. The second-order valence-electron chi connectivity index (χ2n) is 4.81. The van der Waals surface area contributed by atoms with Gasteiger partial charge in [0.15, 0.2) is 0 Å². The van der Waals surface area contributed by atoms with E-state index in [0.29, 0.717) is 18.8 Å². The molecular weight excluding hydrogens is 284 g/mol. The molecule has 1 aromatic carbocycles. The Morgan fingerprint density at radius 2 is 2.00 bits per heavy atom. The Balaban J connectivity index is 1.86. The van der Waals surface area contributed by atoms with Gasteiger partial charge < -0.3 is 15.2 Å². The highest BCUT2D eigenvalue weighted by molar-refractivity contribution is 5.87. The van der Waals surface area contributed by atoms with Crippen LogP contribution in [0.15, 0.2) is 35.2 Å². The predicted molar refractivity (Wildman–Crippen MR) is 79.5 cm³/mol. The van der Waals surface area contributed by atoms with Crippen LogP contribution in [-0.2, 0) is 16.1 Å². The number of aromatic nitrogens is 2. The van der Waals surface area contributed by atoms with Crippen molar-refractivity contribution >= 4 is 11.8 Å². The average molecular weight is 302 g/mol. The second kappa shape index (κ2) is 7.35. The zero-order chi connectivity index (χ0) is 15.9. The topological polar surface area (TPSA) is 97.1 Å². The van der Waals surface area contributed by atoms with Crippen LogP contribution in [-0.4, -0.2) is 28.0 Å². The van der Waals surface area contributed by atoms with Crippen molar-refractivity contribution in [3.05, 3.63) is 36.2 Å². The summed E-state index contributed by atoms with van der Waals surface area (Å²) in [5, 5.41) is 9.15. The van der Waals surface area contributed by atoms with Gasteiger partial charge in [-0.15, -0.1) is 0 Å². The van der Waals surface area contributed by atoms with Crippen molar-refractivity contribution in [2.45, 2.75) is 32.9 Å². The molecule has 7 nitrogen and oxygen atoms in total. The van der Waals surface area contributed by atoms with E-state index >= 15 is 0 Å². The van der Waals surface area contributed by atoms with Gasteiger partial charge in [-0.25, -0.2) is 0 Å². The molecule has 22 heavy (non-hydrogen) atoms. The molecule has 0 saturated heterocycles. The van der Waals surface area contributed by atoms with E-state index < -0.39 is 6.04 Å². The van der Waals surface area contributed by atoms with Crippen LogP contribution in [0.1, 0.15) is 25.8 Å². The maximum absolute atomic E-state index is 11.9. The summed E-state index contributed by atoms with van der Waals surface area (Å²) in [4.78, 5) is 27.1. The van der Waals surface area contributed by atoms with Crippen molar-refractivity contribution in [1.29, 1.82) is 0 Å². The van der Waals surface area contributed by atoms with Crippen LogP contribution in [0, 0.1) is 0 Å². The Kier molecular flexibility index (Phi) is 5.24. The molecule has 2 amide bonds. The van der Waals surface area contributed by atoms with Crippen molar-refractivity contribution < 1.29 is 14.1 Å². The fraction of sp³-hybridized carbons (Fsp3) is 0.333. The van der Waals surface area contributed by atoms with E-state index in [2.05, 4.69) is 20.8 Å². The number of benzene rings is 1.